The summed E-state index contributed by atoms with van der Waals surface area (Å²) < 4.78 is 0. The second kappa shape index (κ2) is 22.1. The second-order valence-electron chi connectivity index (χ2n) is 13.2. The Morgan fingerprint density at radius 2 is 1.02 bits per heavy atom. The summed E-state index contributed by atoms with van der Waals surface area (Å²) >= 11 is 0. The smallest absolute Gasteiger partial charge is 0.223 e. The van der Waals surface area contributed by atoms with Crippen molar-refractivity contribution in [2.75, 3.05) is 19.6 Å². The molecule has 2 rings (SSSR count). The zero-order valence-corrected chi connectivity index (χ0v) is 27.3. The van der Waals surface area contributed by atoms with Crippen molar-refractivity contribution in [3.63, 3.8) is 0 Å². The third kappa shape index (κ3) is 15.5. The van der Waals surface area contributed by atoms with Crippen molar-refractivity contribution >= 4 is 34.9 Å². The molecular weight excluding hydrogens is 558 g/mol. The largest absolute Gasteiger partial charge is 0.356 e. The first-order chi connectivity index (χ1) is 21.2. The normalized spacial score (nSPS) is 21.8. The Hall–Kier alpha value is -2.42. The summed E-state index contributed by atoms with van der Waals surface area (Å²) in [5, 5.41) is 5.96. The van der Waals surface area contributed by atoms with Crippen LogP contribution in [0.25, 0.3) is 0 Å². The topological polar surface area (TPSA) is 152 Å². The SMILES string of the molecule is CC(=O)C1CCC(C(=O)CCC(=O)NCCCCCCNC(=O)C2CCC(C(=O)CCCC(=O)CCCCCN)CC2)CC1. The Morgan fingerprint density at radius 3 is 1.61 bits per heavy atom. The molecule has 0 unspecified atom stereocenters. The average molecular weight is 618 g/mol. The third-order valence-electron chi connectivity index (χ3n) is 9.67. The fourth-order valence-corrected chi connectivity index (χ4v) is 6.65. The van der Waals surface area contributed by atoms with Crippen molar-refractivity contribution in [2.45, 2.75) is 142 Å². The number of carbonyl (C=O) groups excluding carboxylic acids is 6. The Bertz CT molecular complexity index is 919. The molecule has 0 aromatic heterocycles. The molecule has 0 aromatic rings. The predicted octanol–water partition coefficient (Wildman–Crippen LogP) is 5.16. The van der Waals surface area contributed by atoms with Gasteiger partial charge in [0.1, 0.15) is 23.1 Å². The Labute approximate surface area is 265 Å². The minimum Gasteiger partial charge on any atom is -0.356 e. The summed E-state index contributed by atoms with van der Waals surface area (Å²) in [7, 11) is 0. The number of rotatable bonds is 23. The van der Waals surface area contributed by atoms with Crippen molar-refractivity contribution in [2.24, 2.45) is 29.4 Å². The van der Waals surface area contributed by atoms with Crippen LogP contribution in [0.15, 0.2) is 0 Å². The van der Waals surface area contributed by atoms with E-state index >= 15 is 0 Å². The zero-order valence-electron chi connectivity index (χ0n) is 27.3. The first kappa shape index (κ1) is 37.8. The number of unbranched alkanes of at least 4 members (excludes halogenated alkanes) is 5. The van der Waals surface area contributed by atoms with E-state index in [2.05, 4.69) is 10.6 Å². The molecule has 2 saturated carbocycles. The lowest BCUT2D eigenvalue weighted by Gasteiger charge is -2.27. The molecule has 44 heavy (non-hydrogen) atoms. The van der Waals surface area contributed by atoms with E-state index in [1.807, 2.05) is 0 Å². The summed E-state index contributed by atoms with van der Waals surface area (Å²) in [6, 6.07) is 0. The molecule has 0 atom stereocenters. The fraction of sp³-hybridized carbons (Fsp3) is 0.829. The Kier molecular flexibility index (Phi) is 19.0. The zero-order chi connectivity index (χ0) is 32.2. The van der Waals surface area contributed by atoms with Crippen LogP contribution in [0.2, 0.25) is 0 Å². The predicted molar refractivity (Wildman–Crippen MR) is 172 cm³/mol. The van der Waals surface area contributed by atoms with Crippen LogP contribution < -0.4 is 16.4 Å². The van der Waals surface area contributed by atoms with Crippen molar-refractivity contribution < 1.29 is 28.8 Å². The molecule has 2 fully saturated rings. The highest BCUT2D eigenvalue weighted by Crippen LogP contribution is 2.31. The molecule has 250 valence electrons. The number of amides is 2. The summed E-state index contributed by atoms with van der Waals surface area (Å²) in [5.41, 5.74) is 5.47. The molecule has 0 heterocycles. The number of hydrogen-bond donors (Lipinski definition) is 3. The third-order valence-corrected chi connectivity index (χ3v) is 9.67. The van der Waals surface area contributed by atoms with Crippen LogP contribution in [0, 0.1) is 23.7 Å². The number of ketones is 4. The van der Waals surface area contributed by atoms with Gasteiger partial charge in [-0.3, -0.25) is 28.8 Å². The van der Waals surface area contributed by atoms with E-state index in [0.717, 1.165) is 96.3 Å². The van der Waals surface area contributed by atoms with Crippen molar-refractivity contribution in [1.82, 2.24) is 10.6 Å². The van der Waals surface area contributed by atoms with Gasteiger partial charge in [0, 0.05) is 68.9 Å². The van der Waals surface area contributed by atoms with Crippen molar-refractivity contribution in [1.29, 1.82) is 0 Å². The van der Waals surface area contributed by atoms with E-state index in [9.17, 15) is 28.8 Å². The van der Waals surface area contributed by atoms with Crippen LogP contribution in [0.5, 0.6) is 0 Å². The maximum atomic E-state index is 12.6. The van der Waals surface area contributed by atoms with Crippen LogP contribution in [0.4, 0.5) is 0 Å². The van der Waals surface area contributed by atoms with Crippen LogP contribution >= 0.6 is 0 Å². The summed E-state index contributed by atoms with van der Waals surface area (Å²) in [6.07, 6.45) is 15.3. The van der Waals surface area contributed by atoms with Gasteiger partial charge < -0.3 is 16.4 Å². The average Bonchev–Trinajstić information content (AvgIpc) is 3.03. The minimum atomic E-state index is -0.0840. The van der Waals surface area contributed by atoms with Gasteiger partial charge in [0.05, 0.1) is 0 Å². The summed E-state index contributed by atoms with van der Waals surface area (Å²) in [4.78, 5) is 73.2. The van der Waals surface area contributed by atoms with Gasteiger partial charge in [0.25, 0.3) is 0 Å². The summed E-state index contributed by atoms with van der Waals surface area (Å²) in [5.74, 6) is 0.956. The molecule has 0 radical (unpaired) electrons. The first-order valence-corrected chi connectivity index (χ1v) is 17.5. The monoisotopic (exact) mass is 617 g/mol. The van der Waals surface area contributed by atoms with E-state index in [4.69, 9.17) is 5.73 Å². The lowest BCUT2D eigenvalue weighted by molar-refractivity contribution is -0.129. The highest BCUT2D eigenvalue weighted by molar-refractivity contribution is 5.87. The van der Waals surface area contributed by atoms with Crippen molar-refractivity contribution in [3.8, 4) is 0 Å². The van der Waals surface area contributed by atoms with Gasteiger partial charge >= 0.3 is 0 Å². The van der Waals surface area contributed by atoms with E-state index < -0.39 is 0 Å². The van der Waals surface area contributed by atoms with Gasteiger partial charge in [0.2, 0.25) is 11.8 Å². The molecule has 0 aromatic carbocycles. The number of nitrogens with one attached hydrogen (secondary N) is 2. The first-order valence-electron chi connectivity index (χ1n) is 17.5. The Morgan fingerprint density at radius 1 is 0.523 bits per heavy atom. The van der Waals surface area contributed by atoms with E-state index in [0.29, 0.717) is 45.3 Å². The highest BCUT2D eigenvalue weighted by Gasteiger charge is 2.30. The van der Waals surface area contributed by atoms with Gasteiger partial charge in [-0.1, -0.05) is 19.3 Å². The number of nitrogens with two attached hydrogens (primary N) is 1. The maximum Gasteiger partial charge on any atom is 0.223 e. The molecule has 0 bridgehead atoms. The quantitative estimate of drug-likeness (QED) is 0.134. The second-order valence-corrected chi connectivity index (χ2v) is 13.2. The van der Waals surface area contributed by atoms with Crippen LogP contribution in [-0.4, -0.2) is 54.6 Å². The van der Waals surface area contributed by atoms with E-state index in [-0.39, 0.29) is 71.5 Å². The molecule has 2 aliphatic rings. The molecule has 9 nitrogen and oxygen atoms in total. The van der Waals surface area contributed by atoms with E-state index in [1.54, 1.807) is 6.92 Å². The molecular formula is C35H59N3O6. The molecule has 9 heteroatoms. The number of carbonyl (C=O) groups is 6. The van der Waals surface area contributed by atoms with Gasteiger partial charge in [0.15, 0.2) is 0 Å². The molecule has 2 aliphatic carbocycles. The lowest BCUT2D eigenvalue weighted by Crippen LogP contribution is -2.34. The minimum absolute atomic E-state index is 0.000964. The lowest BCUT2D eigenvalue weighted by atomic mass is 9.78. The van der Waals surface area contributed by atoms with Crippen LogP contribution in [-0.2, 0) is 28.8 Å². The Balaban J connectivity index is 1.42. The van der Waals surface area contributed by atoms with Crippen LogP contribution in [0.1, 0.15) is 142 Å². The molecule has 0 saturated heterocycles. The van der Waals surface area contributed by atoms with Gasteiger partial charge in [-0.25, -0.2) is 0 Å². The molecule has 4 N–H and O–H groups in total. The summed E-state index contributed by atoms with van der Waals surface area (Å²) in [6.45, 7) is 3.52. The maximum absolute atomic E-state index is 12.6. The van der Waals surface area contributed by atoms with Crippen LogP contribution in [0.3, 0.4) is 0 Å². The van der Waals surface area contributed by atoms with Gasteiger partial charge in [-0.15, -0.1) is 0 Å². The van der Waals surface area contributed by atoms with Gasteiger partial charge in [-0.2, -0.15) is 0 Å². The molecule has 2 amide bonds. The fourth-order valence-electron chi connectivity index (χ4n) is 6.65. The van der Waals surface area contributed by atoms with E-state index in [1.165, 1.54) is 0 Å². The standard InChI is InChI=1S/C35H59N3O6/c1-26(39)27-13-15-29(16-14-27)33(42)21-22-34(43)37-24-7-2-3-8-25-38-35(44)30-19-17-28(18-20-30)32(41)12-9-11-31(40)10-5-4-6-23-36/h27-30H,2-25,36H2,1H3,(H,37,43)(H,38,44). The highest BCUT2D eigenvalue weighted by atomic mass is 16.2. The number of hydrogen-bond acceptors (Lipinski definition) is 7. The van der Waals surface area contributed by atoms with Gasteiger partial charge in [-0.05, 0) is 96.9 Å². The number of Topliss-reactive ketones (excluding diaryl/α,β-unsaturated/α-hetero) is 4. The molecule has 0 aliphatic heterocycles. The van der Waals surface area contributed by atoms with Crippen molar-refractivity contribution in [3.05, 3.63) is 0 Å². The molecule has 0 spiro atoms.